The van der Waals surface area contributed by atoms with Gasteiger partial charge in [0.05, 0.1) is 21.8 Å². The Bertz CT molecular complexity index is 1060. The minimum Gasteiger partial charge on any atom is -0.406 e. The van der Waals surface area contributed by atoms with Crippen molar-refractivity contribution in [1.82, 2.24) is 4.98 Å². The molecule has 0 saturated heterocycles. The number of rotatable bonds is 4. The molecule has 0 bridgehead atoms. The van der Waals surface area contributed by atoms with Gasteiger partial charge in [-0.25, -0.2) is 4.98 Å². The second-order valence-electron chi connectivity index (χ2n) is 5.34. The zero-order valence-electron chi connectivity index (χ0n) is 13.5. The number of carbonyl (C=O) groups excluding carboxylic acids is 1. The van der Waals surface area contributed by atoms with Gasteiger partial charge in [0, 0.05) is 18.2 Å². The Hall–Kier alpha value is -3.16. The van der Waals surface area contributed by atoms with E-state index in [4.69, 9.17) is 11.0 Å². The van der Waals surface area contributed by atoms with Crippen LogP contribution in [0.2, 0.25) is 0 Å². The number of nitriles is 1. The highest BCUT2D eigenvalue weighted by atomic mass is 32.1. The standard InChI is InChI=1S/C17H11F3N4O2S/c18-17(19,20)26-11-2-4-13-14(6-11)27-16(23-13)24-15(25)12-3-1-9(7-21)5-10(12)8-22/h1-6H,8,22H2,(H,23,24,25). The summed E-state index contributed by atoms with van der Waals surface area (Å²) < 4.78 is 41.2. The van der Waals surface area contributed by atoms with Gasteiger partial charge in [0.15, 0.2) is 5.13 Å². The van der Waals surface area contributed by atoms with E-state index in [2.05, 4.69) is 15.0 Å². The van der Waals surface area contributed by atoms with E-state index in [1.807, 2.05) is 6.07 Å². The summed E-state index contributed by atoms with van der Waals surface area (Å²) in [5, 5.41) is 11.7. The number of halogens is 3. The fourth-order valence-electron chi connectivity index (χ4n) is 2.37. The molecule has 27 heavy (non-hydrogen) atoms. The van der Waals surface area contributed by atoms with E-state index in [0.717, 1.165) is 17.4 Å². The molecule has 3 rings (SSSR count). The van der Waals surface area contributed by atoms with Crippen LogP contribution in [0.25, 0.3) is 10.2 Å². The Morgan fingerprint density at radius 2 is 2.07 bits per heavy atom. The number of benzene rings is 2. The molecule has 1 heterocycles. The zero-order chi connectivity index (χ0) is 19.6. The lowest BCUT2D eigenvalue weighted by Gasteiger charge is -2.07. The van der Waals surface area contributed by atoms with Crippen molar-refractivity contribution in [2.24, 2.45) is 5.73 Å². The van der Waals surface area contributed by atoms with Gasteiger partial charge in [-0.05, 0) is 35.9 Å². The predicted molar refractivity (Wildman–Crippen MR) is 93.3 cm³/mol. The van der Waals surface area contributed by atoms with Crippen LogP contribution in [0.3, 0.4) is 0 Å². The molecule has 0 aliphatic rings. The first kappa shape index (κ1) is 18.6. The Kier molecular flexibility index (Phi) is 4.98. The molecule has 0 atom stereocenters. The van der Waals surface area contributed by atoms with Crippen molar-refractivity contribution in [1.29, 1.82) is 5.26 Å². The molecule has 0 saturated carbocycles. The number of carbonyl (C=O) groups is 1. The van der Waals surface area contributed by atoms with Crippen molar-refractivity contribution in [3.63, 3.8) is 0 Å². The monoisotopic (exact) mass is 392 g/mol. The molecule has 3 aromatic rings. The number of fused-ring (bicyclic) bond motifs is 1. The third kappa shape index (κ3) is 4.33. The number of nitrogens with one attached hydrogen (secondary N) is 1. The molecule has 0 aliphatic heterocycles. The first-order valence-electron chi connectivity index (χ1n) is 7.50. The van der Waals surface area contributed by atoms with Crippen LogP contribution in [0.4, 0.5) is 18.3 Å². The molecule has 1 aromatic heterocycles. The van der Waals surface area contributed by atoms with Crippen LogP contribution >= 0.6 is 11.3 Å². The minimum atomic E-state index is -4.79. The van der Waals surface area contributed by atoms with Gasteiger partial charge in [-0.1, -0.05) is 11.3 Å². The first-order valence-corrected chi connectivity index (χ1v) is 8.31. The maximum absolute atomic E-state index is 12.5. The summed E-state index contributed by atoms with van der Waals surface area (Å²) in [7, 11) is 0. The van der Waals surface area contributed by atoms with E-state index in [0.29, 0.717) is 21.3 Å². The molecule has 0 spiro atoms. The molecule has 1 amide bonds. The number of anilines is 1. The lowest BCUT2D eigenvalue weighted by atomic mass is 10.0. The third-order valence-electron chi connectivity index (χ3n) is 3.51. The van der Waals surface area contributed by atoms with Crippen LogP contribution in [0.15, 0.2) is 36.4 Å². The highest BCUT2D eigenvalue weighted by molar-refractivity contribution is 7.22. The molecular formula is C17H11F3N4O2S. The molecule has 2 aromatic carbocycles. The largest absolute Gasteiger partial charge is 0.573 e. The van der Waals surface area contributed by atoms with Gasteiger partial charge in [0.25, 0.3) is 5.91 Å². The quantitative estimate of drug-likeness (QED) is 0.704. The van der Waals surface area contributed by atoms with Crippen molar-refractivity contribution in [2.45, 2.75) is 12.9 Å². The third-order valence-corrected chi connectivity index (χ3v) is 4.45. The molecule has 0 unspecified atom stereocenters. The van der Waals surface area contributed by atoms with E-state index in [-0.39, 0.29) is 23.0 Å². The summed E-state index contributed by atoms with van der Waals surface area (Å²) in [5.41, 5.74) is 7.21. The number of hydrogen-bond donors (Lipinski definition) is 2. The number of thiazole rings is 1. The molecule has 0 radical (unpaired) electrons. The fraction of sp³-hybridized carbons (Fsp3) is 0.118. The Labute approximate surface area is 155 Å². The number of alkyl halides is 3. The topological polar surface area (TPSA) is 101 Å². The van der Waals surface area contributed by atoms with E-state index in [9.17, 15) is 18.0 Å². The van der Waals surface area contributed by atoms with Crippen LogP contribution in [0.5, 0.6) is 5.75 Å². The summed E-state index contributed by atoms with van der Waals surface area (Å²) in [6, 6.07) is 10.2. The zero-order valence-corrected chi connectivity index (χ0v) is 14.3. The lowest BCUT2D eigenvalue weighted by Crippen LogP contribution is -2.16. The second kappa shape index (κ2) is 7.22. The highest BCUT2D eigenvalue weighted by Gasteiger charge is 2.31. The van der Waals surface area contributed by atoms with Gasteiger partial charge in [-0.2, -0.15) is 5.26 Å². The maximum atomic E-state index is 12.5. The smallest absolute Gasteiger partial charge is 0.406 e. The number of ether oxygens (including phenoxy) is 1. The average Bonchev–Trinajstić information content (AvgIpc) is 3.01. The number of nitrogens with two attached hydrogens (primary N) is 1. The van der Waals surface area contributed by atoms with Gasteiger partial charge in [-0.3, -0.25) is 10.1 Å². The number of aromatic nitrogens is 1. The molecule has 0 fully saturated rings. The van der Waals surface area contributed by atoms with Gasteiger partial charge >= 0.3 is 6.36 Å². The predicted octanol–water partition coefficient (Wildman–Crippen LogP) is 3.78. The normalized spacial score (nSPS) is 11.2. The van der Waals surface area contributed by atoms with Crippen molar-refractivity contribution in [2.75, 3.05) is 5.32 Å². The van der Waals surface area contributed by atoms with Crippen LogP contribution in [0, 0.1) is 11.3 Å². The number of hydrogen-bond acceptors (Lipinski definition) is 6. The lowest BCUT2D eigenvalue weighted by molar-refractivity contribution is -0.274. The number of amides is 1. The summed E-state index contributed by atoms with van der Waals surface area (Å²) in [6.07, 6.45) is -4.79. The van der Waals surface area contributed by atoms with Gasteiger partial charge in [0.2, 0.25) is 0 Å². The van der Waals surface area contributed by atoms with Crippen LogP contribution in [0.1, 0.15) is 21.5 Å². The fourth-order valence-corrected chi connectivity index (χ4v) is 3.26. The summed E-state index contributed by atoms with van der Waals surface area (Å²) >= 11 is 1.01. The van der Waals surface area contributed by atoms with E-state index >= 15 is 0 Å². The van der Waals surface area contributed by atoms with E-state index in [1.54, 1.807) is 0 Å². The molecule has 10 heteroatoms. The van der Waals surface area contributed by atoms with Gasteiger partial charge in [-0.15, -0.1) is 13.2 Å². The highest BCUT2D eigenvalue weighted by Crippen LogP contribution is 2.31. The van der Waals surface area contributed by atoms with Gasteiger partial charge < -0.3 is 10.5 Å². The summed E-state index contributed by atoms with van der Waals surface area (Å²) in [5.74, 6) is -0.847. The summed E-state index contributed by atoms with van der Waals surface area (Å²) in [4.78, 5) is 16.6. The Morgan fingerprint density at radius 1 is 1.30 bits per heavy atom. The Morgan fingerprint density at radius 3 is 2.74 bits per heavy atom. The van der Waals surface area contributed by atoms with E-state index < -0.39 is 12.3 Å². The average molecular weight is 392 g/mol. The SMILES string of the molecule is N#Cc1ccc(C(=O)Nc2nc3ccc(OC(F)(F)F)cc3s2)c(CN)c1. The van der Waals surface area contributed by atoms with Crippen LogP contribution in [-0.4, -0.2) is 17.3 Å². The molecular weight excluding hydrogens is 381 g/mol. The van der Waals surface area contributed by atoms with Crippen molar-refractivity contribution < 1.29 is 22.7 Å². The minimum absolute atomic E-state index is 0.0657. The molecule has 3 N–H and O–H groups in total. The Balaban J connectivity index is 1.84. The van der Waals surface area contributed by atoms with Crippen LogP contribution in [-0.2, 0) is 6.54 Å². The second-order valence-corrected chi connectivity index (χ2v) is 6.37. The maximum Gasteiger partial charge on any atom is 0.573 e. The van der Waals surface area contributed by atoms with Gasteiger partial charge in [0.1, 0.15) is 5.75 Å². The van der Waals surface area contributed by atoms with Crippen molar-refractivity contribution >= 4 is 32.6 Å². The molecule has 138 valence electrons. The number of nitrogens with zero attached hydrogens (tertiary/aromatic N) is 2. The molecule has 6 nitrogen and oxygen atoms in total. The van der Waals surface area contributed by atoms with Crippen molar-refractivity contribution in [3.8, 4) is 11.8 Å². The first-order chi connectivity index (χ1) is 12.8. The van der Waals surface area contributed by atoms with E-state index in [1.165, 1.54) is 30.3 Å². The summed E-state index contributed by atoms with van der Waals surface area (Å²) in [6.45, 7) is 0.0657. The van der Waals surface area contributed by atoms with Crippen LogP contribution < -0.4 is 15.8 Å². The van der Waals surface area contributed by atoms with Crippen molar-refractivity contribution in [3.05, 3.63) is 53.1 Å². The molecule has 0 aliphatic carbocycles.